The van der Waals surface area contributed by atoms with Gasteiger partial charge in [0.2, 0.25) is 5.78 Å². The van der Waals surface area contributed by atoms with Crippen molar-refractivity contribution in [3.8, 4) is 0 Å². The summed E-state index contributed by atoms with van der Waals surface area (Å²) in [5, 5.41) is 4.05. The van der Waals surface area contributed by atoms with E-state index in [1.54, 1.807) is 6.20 Å². The molecule has 0 bridgehead atoms. The molecule has 0 spiro atoms. The Hall–Kier alpha value is -0.610. The van der Waals surface area contributed by atoms with Crippen LogP contribution in [0, 0.1) is 0 Å². The highest BCUT2D eigenvalue weighted by Crippen LogP contribution is 2.18. The van der Waals surface area contributed by atoms with E-state index in [0.29, 0.717) is 0 Å². The molecular weight excluding hydrogens is 184 g/mol. The topological polar surface area (TPSA) is 29.4 Å². The van der Waals surface area contributed by atoms with Crippen LogP contribution in [0.5, 0.6) is 0 Å². The van der Waals surface area contributed by atoms with E-state index < -0.39 is 0 Å². The maximum atomic E-state index is 10.8. The lowest BCUT2D eigenvalue weighted by Gasteiger charge is -2.21. The molecule has 0 aromatic heterocycles. The van der Waals surface area contributed by atoms with E-state index in [1.807, 2.05) is 0 Å². The molecule has 0 fully saturated rings. The lowest BCUT2D eigenvalue weighted by Crippen LogP contribution is -2.30. The molecule has 1 rings (SSSR count). The van der Waals surface area contributed by atoms with Gasteiger partial charge < -0.3 is 0 Å². The van der Waals surface area contributed by atoms with E-state index in [2.05, 4.69) is 24.8 Å². The van der Waals surface area contributed by atoms with Crippen molar-refractivity contribution in [3.63, 3.8) is 0 Å². The summed E-state index contributed by atoms with van der Waals surface area (Å²) in [5.74, 6) is -0.0571. The minimum absolute atomic E-state index is 0.0571. The summed E-state index contributed by atoms with van der Waals surface area (Å²) >= 11 is 4.36. The lowest BCUT2D eigenvalue weighted by molar-refractivity contribution is -0.743. The lowest BCUT2D eigenvalue weighted by atomic mass is 10.2. The quantitative estimate of drug-likeness (QED) is 0.418. The molecule has 0 amide bonds. The largest absolute Gasteiger partial charge is 0.288 e. The Balaban J connectivity index is 2.43. The van der Waals surface area contributed by atoms with Gasteiger partial charge >= 0.3 is 0 Å². The van der Waals surface area contributed by atoms with Gasteiger partial charge in [0.15, 0.2) is 0 Å². The molecule has 4 heteroatoms. The molecular formula is C9H15N2OS+. The number of ketones is 1. The second-order valence-corrected chi connectivity index (χ2v) is 3.87. The van der Waals surface area contributed by atoms with Gasteiger partial charge in [-0.2, -0.15) is 0 Å². The Kier molecular flexibility index (Phi) is 3.69. The van der Waals surface area contributed by atoms with Crippen molar-refractivity contribution >= 4 is 24.8 Å². The van der Waals surface area contributed by atoms with E-state index in [-0.39, 0.29) is 9.78 Å². The van der Waals surface area contributed by atoms with Gasteiger partial charge in [-0.25, -0.2) is 0 Å². The zero-order chi connectivity index (χ0) is 9.73. The van der Waals surface area contributed by atoms with E-state index in [4.69, 9.17) is 0 Å². The first-order chi connectivity index (χ1) is 6.16. The van der Waals surface area contributed by atoms with Gasteiger partial charge in [-0.15, -0.1) is 4.00 Å². The molecule has 3 nitrogen and oxygen atoms in total. The fraction of sp³-hybridized carbons (Fsp3) is 0.556. The van der Waals surface area contributed by atoms with E-state index in [0.717, 1.165) is 13.0 Å². The maximum absolute atomic E-state index is 10.8. The normalized spacial score (nSPS) is 26.8. The molecule has 0 aromatic carbocycles. The second kappa shape index (κ2) is 4.58. The summed E-state index contributed by atoms with van der Waals surface area (Å²) < 4.78 is 0.214. The molecule has 0 N–H and O–H groups in total. The van der Waals surface area contributed by atoms with Crippen molar-refractivity contribution in [3.05, 3.63) is 12.3 Å². The molecule has 1 atom stereocenters. The van der Waals surface area contributed by atoms with Gasteiger partial charge in [0.05, 0.1) is 12.8 Å². The number of allylic oxidation sites excluding steroid dienone is 1. The van der Waals surface area contributed by atoms with Crippen LogP contribution in [0.3, 0.4) is 0 Å². The second-order valence-electron chi connectivity index (χ2n) is 3.18. The highest BCUT2D eigenvalue weighted by molar-refractivity contribution is 7.74. The van der Waals surface area contributed by atoms with Gasteiger partial charge in [-0.3, -0.25) is 4.79 Å². The molecule has 0 saturated carbocycles. The first-order valence-corrected chi connectivity index (χ1v) is 4.95. The number of quaternary nitrogens is 1. The van der Waals surface area contributed by atoms with Crippen molar-refractivity contribution < 1.29 is 8.79 Å². The summed E-state index contributed by atoms with van der Waals surface area (Å²) in [6.07, 6.45) is 8.01. The third kappa shape index (κ3) is 3.32. The third-order valence-electron chi connectivity index (χ3n) is 1.95. The molecule has 72 valence electrons. The Labute approximate surface area is 84.3 Å². The highest BCUT2D eigenvalue weighted by atomic mass is 32.1. The van der Waals surface area contributed by atoms with Crippen LogP contribution >= 0.6 is 12.8 Å². The number of thiol groups is 1. The SMILES string of the molecule is CCCCC[N+]1(S)C=CC(=O)C=N1. The van der Waals surface area contributed by atoms with Crippen LogP contribution in [0.2, 0.25) is 0 Å². The van der Waals surface area contributed by atoms with Crippen LogP contribution in [0.15, 0.2) is 17.4 Å². The predicted octanol–water partition coefficient (Wildman–Crippen LogP) is 1.92. The Bertz CT molecular complexity index is 232. The number of carbonyl (C=O) groups excluding carboxylic acids is 1. The summed E-state index contributed by atoms with van der Waals surface area (Å²) in [4.78, 5) is 10.8. The van der Waals surface area contributed by atoms with Crippen LogP contribution < -0.4 is 0 Å². The van der Waals surface area contributed by atoms with Crippen molar-refractivity contribution in [2.75, 3.05) is 6.54 Å². The van der Waals surface area contributed by atoms with Crippen LogP contribution in [0.4, 0.5) is 0 Å². The summed E-state index contributed by atoms with van der Waals surface area (Å²) in [6, 6.07) is 0. The molecule has 1 aliphatic rings. The fourth-order valence-corrected chi connectivity index (χ4v) is 1.42. The highest BCUT2D eigenvalue weighted by Gasteiger charge is 2.22. The number of nitrogens with zero attached hydrogens (tertiary/aromatic N) is 2. The monoisotopic (exact) mass is 199 g/mol. The Morgan fingerprint density at radius 3 is 2.85 bits per heavy atom. The van der Waals surface area contributed by atoms with Crippen molar-refractivity contribution in [1.29, 1.82) is 0 Å². The molecule has 0 radical (unpaired) electrons. The first kappa shape index (κ1) is 10.5. The molecule has 1 aliphatic heterocycles. The van der Waals surface area contributed by atoms with Gasteiger partial charge in [0, 0.05) is 12.5 Å². The molecule has 0 saturated heterocycles. The zero-order valence-corrected chi connectivity index (χ0v) is 8.70. The van der Waals surface area contributed by atoms with Gasteiger partial charge in [0.25, 0.3) is 0 Å². The number of unbranched alkanes of at least 4 members (excludes halogenated alkanes) is 2. The fourth-order valence-electron chi connectivity index (χ4n) is 1.16. The van der Waals surface area contributed by atoms with Gasteiger partial charge in [0.1, 0.15) is 19.0 Å². The van der Waals surface area contributed by atoms with Crippen molar-refractivity contribution in [2.24, 2.45) is 5.10 Å². The Morgan fingerprint density at radius 1 is 1.54 bits per heavy atom. The summed E-state index contributed by atoms with van der Waals surface area (Å²) in [6.45, 7) is 3.00. The number of carbonyl (C=O) groups is 1. The number of rotatable bonds is 4. The predicted molar refractivity (Wildman–Crippen MR) is 56.3 cm³/mol. The van der Waals surface area contributed by atoms with Crippen LogP contribution in [0.1, 0.15) is 26.2 Å². The molecule has 1 heterocycles. The van der Waals surface area contributed by atoms with E-state index in [9.17, 15) is 4.79 Å². The van der Waals surface area contributed by atoms with E-state index >= 15 is 0 Å². The first-order valence-electron chi connectivity index (χ1n) is 4.55. The molecule has 0 aromatic rings. The standard InChI is InChI=1S/C9H15N2OS/c1-2-3-4-6-11(13)7-5-9(12)8-10-11/h5,7-8,13H,2-4,6H2,1H3/q+1. The average Bonchev–Trinajstić information content (AvgIpc) is 2.12. The molecule has 13 heavy (non-hydrogen) atoms. The minimum atomic E-state index is -0.0571. The van der Waals surface area contributed by atoms with Crippen LogP contribution in [-0.4, -0.2) is 22.5 Å². The minimum Gasteiger partial charge on any atom is -0.288 e. The number of hydrogen-bond acceptors (Lipinski definition) is 3. The summed E-state index contributed by atoms with van der Waals surface area (Å²) in [7, 11) is 0. The average molecular weight is 199 g/mol. The van der Waals surface area contributed by atoms with E-state index in [1.165, 1.54) is 25.1 Å². The van der Waals surface area contributed by atoms with Crippen LogP contribution in [0.25, 0.3) is 0 Å². The van der Waals surface area contributed by atoms with Crippen molar-refractivity contribution in [2.45, 2.75) is 26.2 Å². The zero-order valence-electron chi connectivity index (χ0n) is 7.81. The summed E-state index contributed by atoms with van der Waals surface area (Å²) in [5.41, 5.74) is 0. The molecule has 1 unspecified atom stereocenters. The number of hydrogen-bond donors (Lipinski definition) is 1. The smallest absolute Gasteiger partial charge is 0.207 e. The van der Waals surface area contributed by atoms with Crippen LogP contribution in [-0.2, 0) is 4.79 Å². The van der Waals surface area contributed by atoms with Crippen molar-refractivity contribution in [1.82, 2.24) is 0 Å². The maximum Gasteiger partial charge on any atom is 0.207 e. The third-order valence-corrected chi connectivity index (χ3v) is 2.39. The molecule has 0 aliphatic carbocycles. The Morgan fingerprint density at radius 2 is 2.31 bits per heavy atom. The van der Waals surface area contributed by atoms with Gasteiger partial charge in [-0.1, -0.05) is 18.4 Å². The van der Waals surface area contributed by atoms with Gasteiger partial charge in [-0.05, 0) is 6.42 Å².